The van der Waals surface area contributed by atoms with Gasteiger partial charge in [-0.2, -0.15) is 0 Å². The van der Waals surface area contributed by atoms with Crippen LogP contribution in [0.2, 0.25) is 5.02 Å². The molecule has 0 saturated carbocycles. The predicted molar refractivity (Wildman–Crippen MR) is 84.8 cm³/mol. The third-order valence-corrected chi connectivity index (χ3v) is 3.99. The number of methoxy groups -OCH3 is 1. The maximum Gasteiger partial charge on any atom is 0.255 e. The van der Waals surface area contributed by atoms with E-state index in [9.17, 15) is 4.79 Å². The molecule has 3 nitrogen and oxygen atoms in total. The Labute approximate surface area is 131 Å². The van der Waals surface area contributed by atoms with Crippen LogP contribution in [-0.2, 0) is 0 Å². The summed E-state index contributed by atoms with van der Waals surface area (Å²) in [7, 11) is 1.54. The van der Waals surface area contributed by atoms with E-state index in [0.717, 1.165) is 10.0 Å². The number of ether oxygens (including phenoxy) is 1. The maximum atomic E-state index is 12.1. The third-order valence-electron chi connectivity index (χ3n) is 2.84. The van der Waals surface area contributed by atoms with Gasteiger partial charge in [0.15, 0.2) is 0 Å². The number of hydrogen-bond donors (Lipinski definition) is 1. The van der Waals surface area contributed by atoms with E-state index < -0.39 is 0 Å². The Hall–Kier alpha value is -1.52. The molecule has 0 aliphatic carbocycles. The molecule has 2 rings (SSSR count). The molecule has 0 fully saturated rings. The summed E-state index contributed by atoms with van der Waals surface area (Å²) < 4.78 is 5.97. The number of amides is 1. The van der Waals surface area contributed by atoms with E-state index in [1.54, 1.807) is 37.4 Å². The molecule has 0 aliphatic heterocycles. The van der Waals surface area contributed by atoms with Crippen LogP contribution in [-0.4, -0.2) is 13.0 Å². The highest BCUT2D eigenvalue weighted by atomic mass is 79.9. The zero-order chi connectivity index (χ0) is 14.7. The van der Waals surface area contributed by atoms with Gasteiger partial charge in [-0.1, -0.05) is 33.6 Å². The molecule has 0 aliphatic rings. The second kappa shape index (κ2) is 6.29. The van der Waals surface area contributed by atoms with Gasteiger partial charge in [-0.3, -0.25) is 4.79 Å². The molecule has 0 atom stereocenters. The van der Waals surface area contributed by atoms with E-state index in [-0.39, 0.29) is 5.91 Å². The van der Waals surface area contributed by atoms with Crippen molar-refractivity contribution >= 4 is 39.1 Å². The summed E-state index contributed by atoms with van der Waals surface area (Å²) in [5.74, 6) is 0.384. The first-order valence-electron chi connectivity index (χ1n) is 5.92. The highest BCUT2D eigenvalue weighted by molar-refractivity contribution is 9.10. The smallest absolute Gasteiger partial charge is 0.255 e. The number of benzene rings is 2. The molecule has 0 aromatic heterocycles. The lowest BCUT2D eigenvalue weighted by molar-refractivity contribution is 0.102. The van der Waals surface area contributed by atoms with Crippen molar-refractivity contribution in [3.63, 3.8) is 0 Å². The SMILES string of the molecule is COc1ccc(NC(=O)c2ccc(C)c(Br)c2)cc1Cl. The maximum absolute atomic E-state index is 12.1. The average Bonchev–Trinajstić information content (AvgIpc) is 2.42. The molecule has 0 bridgehead atoms. The second-order valence-electron chi connectivity index (χ2n) is 4.27. The molecule has 1 N–H and O–H groups in total. The lowest BCUT2D eigenvalue weighted by Gasteiger charge is -2.09. The van der Waals surface area contributed by atoms with Crippen molar-refractivity contribution in [1.29, 1.82) is 0 Å². The zero-order valence-corrected chi connectivity index (χ0v) is 13.4. The first-order valence-corrected chi connectivity index (χ1v) is 7.09. The fourth-order valence-corrected chi connectivity index (χ4v) is 2.32. The third kappa shape index (κ3) is 3.32. The number of carbonyl (C=O) groups is 1. The van der Waals surface area contributed by atoms with Crippen molar-refractivity contribution in [2.75, 3.05) is 12.4 Å². The van der Waals surface area contributed by atoms with Crippen LogP contribution < -0.4 is 10.1 Å². The number of halogens is 2. The molecule has 0 saturated heterocycles. The van der Waals surface area contributed by atoms with Crippen molar-refractivity contribution in [2.45, 2.75) is 6.92 Å². The molecule has 2 aromatic carbocycles. The van der Waals surface area contributed by atoms with Crippen LogP contribution in [0.15, 0.2) is 40.9 Å². The standard InChI is InChI=1S/C15H13BrClNO2/c1-9-3-4-10(7-12(9)16)15(19)18-11-5-6-14(20-2)13(17)8-11/h3-8H,1-2H3,(H,18,19). The van der Waals surface area contributed by atoms with Gasteiger partial charge in [-0.15, -0.1) is 0 Å². The summed E-state index contributed by atoms with van der Waals surface area (Å²) in [6, 6.07) is 10.6. The first-order chi connectivity index (χ1) is 9.51. The number of aryl methyl sites for hydroxylation is 1. The second-order valence-corrected chi connectivity index (χ2v) is 5.53. The molecule has 0 spiro atoms. The summed E-state index contributed by atoms with van der Waals surface area (Å²) in [6.45, 7) is 1.97. The van der Waals surface area contributed by atoms with Crippen LogP contribution in [0.5, 0.6) is 5.75 Å². The predicted octanol–water partition coefficient (Wildman–Crippen LogP) is 4.67. The Morgan fingerprint density at radius 1 is 1.25 bits per heavy atom. The van der Waals surface area contributed by atoms with E-state index >= 15 is 0 Å². The lowest BCUT2D eigenvalue weighted by Crippen LogP contribution is -2.12. The number of anilines is 1. The van der Waals surface area contributed by atoms with Gasteiger partial charge in [0.1, 0.15) is 5.75 Å². The molecular weight excluding hydrogens is 342 g/mol. The zero-order valence-electron chi connectivity index (χ0n) is 11.0. The monoisotopic (exact) mass is 353 g/mol. The number of hydrogen-bond acceptors (Lipinski definition) is 2. The molecule has 104 valence electrons. The fourth-order valence-electron chi connectivity index (χ4n) is 1.68. The van der Waals surface area contributed by atoms with E-state index in [0.29, 0.717) is 22.0 Å². The van der Waals surface area contributed by atoms with Crippen LogP contribution in [0.4, 0.5) is 5.69 Å². The van der Waals surface area contributed by atoms with Gasteiger partial charge in [0.25, 0.3) is 5.91 Å². The molecule has 0 heterocycles. The Morgan fingerprint density at radius 3 is 2.60 bits per heavy atom. The molecular formula is C15H13BrClNO2. The summed E-state index contributed by atoms with van der Waals surface area (Å²) in [6.07, 6.45) is 0. The molecule has 0 unspecified atom stereocenters. The van der Waals surface area contributed by atoms with Gasteiger partial charge in [-0.25, -0.2) is 0 Å². The van der Waals surface area contributed by atoms with E-state index in [1.807, 2.05) is 13.0 Å². The number of rotatable bonds is 3. The molecule has 5 heteroatoms. The van der Waals surface area contributed by atoms with E-state index in [4.69, 9.17) is 16.3 Å². The van der Waals surface area contributed by atoms with Gasteiger partial charge >= 0.3 is 0 Å². The van der Waals surface area contributed by atoms with Crippen molar-refractivity contribution < 1.29 is 9.53 Å². The van der Waals surface area contributed by atoms with Crippen molar-refractivity contribution in [3.05, 3.63) is 57.0 Å². The van der Waals surface area contributed by atoms with Gasteiger partial charge in [0.05, 0.1) is 12.1 Å². The van der Waals surface area contributed by atoms with E-state index in [1.165, 1.54) is 0 Å². The lowest BCUT2D eigenvalue weighted by atomic mass is 10.1. The largest absolute Gasteiger partial charge is 0.495 e. The number of carbonyl (C=O) groups excluding carboxylic acids is 1. The summed E-state index contributed by atoms with van der Waals surface area (Å²) >= 11 is 9.43. The minimum Gasteiger partial charge on any atom is -0.495 e. The Bertz CT molecular complexity index is 658. The molecule has 2 aromatic rings. The van der Waals surface area contributed by atoms with Crippen LogP contribution in [0.25, 0.3) is 0 Å². The molecule has 0 radical (unpaired) electrons. The molecule has 20 heavy (non-hydrogen) atoms. The average molecular weight is 355 g/mol. The highest BCUT2D eigenvalue weighted by Gasteiger charge is 2.09. The van der Waals surface area contributed by atoms with Crippen molar-refractivity contribution in [1.82, 2.24) is 0 Å². The van der Waals surface area contributed by atoms with Crippen LogP contribution in [0.1, 0.15) is 15.9 Å². The molecule has 1 amide bonds. The van der Waals surface area contributed by atoms with Crippen LogP contribution in [0, 0.1) is 6.92 Å². The minimum absolute atomic E-state index is 0.188. The topological polar surface area (TPSA) is 38.3 Å². The Balaban J connectivity index is 2.19. The Morgan fingerprint density at radius 2 is 2.00 bits per heavy atom. The Kier molecular flexibility index (Phi) is 4.68. The fraction of sp³-hybridized carbons (Fsp3) is 0.133. The van der Waals surface area contributed by atoms with Crippen molar-refractivity contribution in [2.24, 2.45) is 0 Å². The van der Waals surface area contributed by atoms with Gasteiger partial charge in [0.2, 0.25) is 0 Å². The van der Waals surface area contributed by atoms with Gasteiger partial charge < -0.3 is 10.1 Å². The normalized spacial score (nSPS) is 10.2. The first kappa shape index (κ1) is 14.9. The van der Waals surface area contributed by atoms with Gasteiger partial charge in [0, 0.05) is 15.7 Å². The van der Waals surface area contributed by atoms with Crippen molar-refractivity contribution in [3.8, 4) is 5.75 Å². The van der Waals surface area contributed by atoms with Gasteiger partial charge in [-0.05, 0) is 42.8 Å². The minimum atomic E-state index is -0.188. The summed E-state index contributed by atoms with van der Waals surface area (Å²) in [4.78, 5) is 12.1. The quantitative estimate of drug-likeness (QED) is 0.869. The highest BCUT2D eigenvalue weighted by Crippen LogP contribution is 2.27. The summed E-state index contributed by atoms with van der Waals surface area (Å²) in [5, 5.41) is 3.25. The number of nitrogens with one attached hydrogen (secondary N) is 1. The van der Waals surface area contributed by atoms with Crippen LogP contribution >= 0.6 is 27.5 Å². The summed E-state index contributed by atoms with van der Waals surface area (Å²) in [5.41, 5.74) is 2.28. The van der Waals surface area contributed by atoms with E-state index in [2.05, 4.69) is 21.2 Å². The van der Waals surface area contributed by atoms with Crippen LogP contribution in [0.3, 0.4) is 0 Å².